The molecule has 0 saturated carbocycles. The summed E-state index contributed by atoms with van der Waals surface area (Å²) in [6, 6.07) is 17.4. The highest BCUT2D eigenvalue weighted by Gasteiger charge is 2.26. The molecule has 0 spiro atoms. The van der Waals surface area contributed by atoms with Crippen molar-refractivity contribution < 1.29 is 4.79 Å². The van der Waals surface area contributed by atoms with Crippen molar-refractivity contribution in [1.82, 2.24) is 20.4 Å². The summed E-state index contributed by atoms with van der Waals surface area (Å²) in [7, 11) is 4.34. The van der Waals surface area contributed by atoms with Crippen LogP contribution in [-0.4, -0.2) is 75.7 Å². The smallest absolute Gasteiger partial charge is 0.314 e. The van der Waals surface area contributed by atoms with E-state index in [1.54, 1.807) is 0 Å². The number of nitrogens with one attached hydrogen (secondary N) is 2. The maximum absolute atomic E-state index is 12.5. The average molecular weight is 436 g/mol. The molecule has 0 aromatic heterocycles. The Morgan fingerprint density at radius 1 is 0.969 bits per heavy atom. The molecule has 2 aliphatic rings. The molecule has 4 rings (SSSR count). The Hall–Kier alpha value is -2.57. The van der Waals surface area contributed by atoms with Crippen molar-refractivity contribution >= 4 is 11.7 Å². The zero-order chi connectivity index (χ0) is 22.3. The number of carbonyl (C=O) groups is 1. The van der Waals surface area contributed by atoms with Crippen molar-refractivity contribution in [2.45, 2.75) is 25.3 Å². The average Bonchev–Trinajstić information content (AvgIpc) is 3.19. The van der Waals surface area contributed by atoms with E-state index in [0.717, 1.165) is 52.0 Å². The van der Waals surface area contributed by atoms with Gasteiger partial charge in [0.05, 0.1) is 6.04 Å². The lowest BCUT2D eigenvalue weighted by Gasteiger charge is -2.38. The number of benzene rings is 2. The number of aryl methyl sites for hydroxylation is 1. The summed E-state index contributed by atoms with van der Waals surface area (Å²) in [5, 5.41) is 6.18. The van der Waals surface area contributed by atoms with Gasteiger partial charge in [-0.25, -0.2) is 4.79 Å². The first-order valence-corrected chi connectivity index (χ1v) is 11.9. The van der Waals surface area contributed by atoms with Crippen LogP contribution in [0.4, 0.5) is 10.5 Å². The monoisotopic (exact) mass is 435 g/mol. The molecule has 2 aromatic rings. The van der Waals surface area contributed by atoms with E-state index in [0.29, 0.717) is 13.1 Å². The van der Waals surface area contributed by atoms with Crippen molar-refractivity contribution in [3.63, 3.8) is 0 Å². The number of piperazine rings is 1. The SMILES string of the molecule is CN1CCN([C@H](CNC(=O)NCCCc2ccccc2)c2ccc3c(c2)CCN3C)CC1. The summed E-state index contributed by atoms with van der Waals surface area (Å²) in [5.41, 5.74) is 5.39. The largest absolute Gasteiger partial charge is 0.374 e. The fraction of sp³-hybridized carbons (Fsp3) is 0.500. The van der Waals surface area contributed by atoms with E-state index < -0.39 is 0 Å². The quantitative estimate of drug-likeness (QED) is 0.626. The molecule has 2 amide bonds. The molecular formula is C26H37N5O. The molecule has 0 aliphatic carbocycles. The van der Waals surface area contributed by atoms with Crippen LogP contribution in [0.3, 0.4) is 0 Å². The molecule has 1 saturated heterocycles. The molecule has 2 heterocycles. The minimum atomic E-state index is -0.0712. The predicted molar refractivity (Wildman–Crippen MR) is 131 cm³/mol. The molecule has 0 unspecified atom stereocenters. The second kappa shape index (κ2) is 10.8. The van der Waals surface area contributed by atoms with Gasteiger partial charge >= 0.3 is 6.03 Å². The van der Waals surface area contributed by atoms with E-state index in [-0.39, 0.29) is 12.1 Å². The summed E-state index contributed by atoms with van der Waals surface area (Å²) in [4.78, 5) is 19.7. The summed E-state index contributed by atoms with van der Waals surface area (Å²) in [5.74, 6) is 0. The van der Waals surface area contributed by atoms with Crippen LogP contribution in [0, 0.1) is 0 Å². The number of rotatable bonds is 8. The van der Waals surface area contributed by atoms with Crippen LogP contribution in [0.1, 0.15) is 29.2 Å². The van der Waals surface area contributed by atoms with Crippen LogP contribution < -0.4 is 15.5 Å². The highest BCUT2D eigenvalue weighted by molar-refractivity contribution is 5.73. The van der Waals surface area contributed by atoms with E-state index in [4.69, 9.17) is 0 Å². The van der Waals surface area contributed by atoms with Crippen LogP contribution in [0.15, 0.2) is 48.5 Å². The molecule has 2 aromatic carbocycles. The molecule has 1 fully saturated rings. The molecule has 2 N–H and O–H groups in total. The van der Waals surface area contributed by atoms with Crippen molar-refractivity contribution in [3.05, 3.63) is 65.2 Å². The van der Waals surface area contributed by atoms with E-state index in [9.17, 15) is 4.79 Å². The van der Waals surface area contributed by atoms with Crippen LogP contribution in [0.2, 0.25) is 0 Å². The normalized spacial score (nSPS) is 17.8. The second-order valence-electron chi connectivity index (χ2n) is 9.14. The number of nitrogens with zero attached hydrogens (tertiary/aromatic N) is 3. The van der Waals surface area contributed by atoms with Gasteiger partial charge in [-0.15, -0.1) is 0 Å². The molecule has 0 radical (unpaired) electrons. The van der Waals surface area contributed by atoms with E-state index in [1.807, 2.05) is 6.07 Å². The van der Waals surface area contributed by atoms with Gasteiger partial charge in [-0.1, -0.05) is 42.5 Å². The lowest BCUT2D eigenvalue weighted by atomic mass is 10.00. The molecule has 0 bridgehead atoms. The topological polar surface area (TPSA) is 50.9 Å². The Kier molecular flexibility index (Phi) is 7.66. The van der Waals surface area contributed by atoms with Crippen molar-refractivity contribution in [2.75, 3.05) is 64.8 Å². The molecule has 1 atom stereocenters. The fourth-order valence-electron chi connectivity index (χ4n) is 4.78. The Morgan fingerprint density at radius 2 is 1.75 bits per heavy atom. The Morgan fingerprint density at radius 3 is 2.53 bits per heavy atom. The highest BCUT2D eigenvalue weighted by Crippen LogP contribution is 2.31. The summed E-state index contributed by atoms with van der Waals surface area (Å²) in [6.07, 6.45) is 3.02. The van der Waals surface area contributed by atoms with E-state index in [2.05, 4.69) is 81.9 Å². The molecule has 172 valence electrons. The number of fused-ring (bicyclic) bond motifs is 1. The van der Waals surface area contributed by atoms with Crippen molar-refractivity contribution in [1.29, 1.82) is 0 Å². The standard InChI is InChI=1S/C26H37N5O/c1-29-15-17-31(18-16-29)25(22-10-11-24-23(19-22)12-14-30(24)2)20-28-26(32)27-13-6-9-21-7-4-3-5-8-21/h3-5,7-8,10-11,19,25H,6,9,12-18,20H2,1-2H3,(H2,27,28,32)/t25-/m1/s1. The Balaban J connectivity index is 1.33. The molecule has 6 nitrogen and oxygen atoms in total. The Bertz CT molecular complexity index is 879. The van der Waals surface area contributed by atoms with Crippen LogP contribution in [0.25, 0.3) is 0 Å². The predicted octanol–water partition coefficient (Wildman–Crippen LogP) is 2.90. The van der Waals surface area contributed by atoms with E-state index >= 15 is 0 Å². The van der Waals surface area contributed by atoms with Crippen molar-refractivity contribution in [3.8, 4) is 0 Å². The Labute approximate surface area is 192 Å². The van der Waals surface area contributed by atoms with Gasteiger partial charge in [-0.3, -0.25) is 4.90 Å². The van der Waals surface area contributed by atoms with Gasteiger partial charge in [-0.05, 0) is 49.1 Å². The van der Waals surface area contributed by atoms with E-state index in [1.165, 1.54) is 22.4 Å². The van der Waals surface area contributed by atoms with Gasteiger partial charge in [0, 0.05) is 58.5 Å². The number of likely N-dealkylation sites (N-methyl/N-ethyl adjacent to an activating group) is 2. The number of carbonyl (C=O) groups excluding carboxylic acids is 1. The third kappa shape index (κ3) is 5.81. The minimum absolute atomic E-state index is 0.0712. The van der Waals surface area contributed by atoms with Gasteiger partial charge in [0.15, 0.2) is 0 Å². The zero-order valence-corrected chi connectivity index (χ0v) is 19.5. The van der Waals surface area contributed by atoms with Gasteiger partial charge in [0.2, 0.25) is 0 Å². The van der Waals surface area contributed by atoms with Crippen molar-refractivity contribution in [2.24, 2.45) is 0 Å². The maximum atomic E-state index is 12.5. The summed E-state index contributed by atoms with van der Waals surface area (Å²) < 4.78 is 0. The summed E-state index contributed by atoms with van der Waals surface area (Å²) in [6.45, 7) is 6.58. The van der Waals surface area contributed by atoms with Crippen LogP contribution >= 0.6 is 0 Å². The second-order valence-corrected chi connectivity index (χ2v) is 9.14. The third-order valence-corrected chi connectivity index (χ3v) is 6.82. The number of urea groups is 1. The zero-order valence-electron chi connectivity index (χ0n) is 19.5. The number of hydrogen-bond donors (Lipinski definition) is 2. The van der Waals surface area contributed by atoms with Gasteiger partial charge < -0.3 is 20.4 Å². The highest BCUT2D eigenvalue weighted by atomic mass is 16.2. The minimum Gasteiger partial charge on any atom is -0.374 e. The molecular weight excluding hydrogens is 398 g/mol. The first kappa shape index (κ1) is 22.6. The first-order chi connectivity index (χ1) is 15.6. The molecule has 2 aliphatic heterocycles. The van der Waals surface area contributed by atoms with Crippen LogP contribution in [0.5, 0.6) is 0 Å². The molecule has 32 heavy (non-hydrogen) atoms. The lowest BCUT2D eigenvalue weighted by Crippen LogP contribution is -2.49. The van der Waals surface area contributed by atoms with Gasteiger partial charge in [0.25, 0.3) is 0 Å². The number of amides is 2. The lowest BCUT2D eigenvalue weighted by molar-refractivity contribution is 0.111. The van der Waals surface area contributed by atoms with Gasteiger partial charge in [-0.2, -0.15) is 0 Å². The summed E-state index contributed by atoms with van der Waals surface area (Å²) >= 11 is 0. The molecule has 6 heteroatoms. The first-order valence-electron chi connectivity index (χ1n) is 11.9. The number of hydrogen-bond acceptors (Lipinski definition) is 4. The van der Waals surface area contributed by atoms with Gasteiger partial charge in [0.1, 0.15) is 0 Å². The number of anilines is 1. The third-order valence-electron chi connectivity index (χ3n) is 6.82. The maximum Gasteiger partial charge on any atom is 0.314 e. The van der Waals surface area contributed by atoms with Crippen LogP contribution in [-0.2, 0) is 12.8 Å². The fourth-order valence-corrected chi connectivity index (χ4v) is 4.78.